The van der Waals surface area contributed by atoms with Crippen LogP contribution in [0.2, 0.25) is 0 Å². The molecule has 1 amide bonds. The number of benzene rings is 1. The van der Waals surface area contributed by atoms with Crippen LogP contribution in [0.3, 0.4) is 0 Å². The third kappa shape index (κ3) is 2.45. The first-order valence-electron chi connectivity index (χ1n) is 7.74. The van der Waals surface area contributed by atoms with Gasteiger partial charge in [0, 0.05) is 6.42 Å². The van der Waals surface area contributed by atoms with Crippen molar-refractivity contribution in [1.82, 2.24) is 5.32 Å². The Bertz CT molecular complexity index is 607. The molecule has 0 saturated heterocycles. The van der Waals surface area contributed by atoms with E-state index in [9.17, 15) is 14.7 Å². The Kier molecular flexibility index (Phi) is 3.81. The number of aliphatic carboxylic acids is 1. The lowest BCUT2D eigenvalue weighted by molar-refractivity contribution is -0.157. The normalized spacial score (nSPS) is 21.6. The smallest absolute Gasteiger partial charge is 0.310 e. The standard InChI is InChI=1S/C17H21NO4/c1-22-14-5-2-4-11-12(14)6-7-13(11)18-15(19)10-17(16(20)21)8-3-9-17/h2,4-5,13H,3,6-10H2,1H3,(H,18,19)(H,20,21). The fourth-order valence-electron chi connectivity index (χ4n) is 3.58. The van der Waals surface area contributed by atoms with Crippen molar-refractivity contribution < 1.29 is 19.4 Å². The number of nitrogens with one attached hydrogen (secondary N) is 1. The van der Waals surface area contributed by atoms with Crippen LogP contribution in [0.15, 0.2) is 18.2 Å². The number of hydrogen-bond acceptors (Lipinski definition) is 3. The average Bonchev–Trinajstić information content (AvgIpc) is 2.85. The number of amides is 1. The van der Waals surface area contributed by atoms with Gasteiger partial charge in [-0.3, -0.25) is 9.59 Å². The monoisotopic (exact) mass is 303 g/mol. The summed E-state index contributed by atoms with van der Waals surface area (Å²) >= 11 is 0. The summed E-state index contributed by atoms with van der Waals surface area (Å²) in [5, 5.41) is 12.3. The van der Waals surface area contributed by atoms with Crippen LogP contribution in [0.1, 0.15) is 49.3 Å². The van der Waals surface area contributed by atoms with Crippen molar-refractivity contribution in [3.63, 3.8) is 0 Å². The first-order chi connectivity index (χ1) is 10.6. The lowest BCUT2D eigenvalue weighted by Gasteiger charge is -2.37. The van der Waals surface area contributed by atoms with Gasteiger partial charge in [0.05, 0.1) is 18.6 Å². The second kappa shape index (κ2) is 5.63. The van der Waals surface area contributed by atoms with Crippen LogP contribution in [0.25, 0.3) is 0 Å². The Morgan fingerprint density at radius 1 is 1.41 bits per heavy atom. The number of fused-ring (bicyclic) bond motifs is 1. The molecule has 3 rings (SSSR count). The van der Waals surface area contributed by atoms with E-state index in [0.717, 1.165) is 36.1 Å². The fourth-order valence-corrected chi connectivity index (χ4v) is 3.58. The summed E-state index contributed by atoms with van der Waals surface area (Å²) in [6.07, 6.45) is 3.88. The number of methoxy groups -OCH3 is 1. The Balaban J connectivity index is 1.68. The number of ether oxygens (including phenoxy) is 1. The first-order valence-corrected chi connectivity index (χ1v) is 7.74. The van der Waals surface area contributed by atoms with E-state index in [1.165, 1.54) is 0 Å². The second-order valence-corrected chi connectivity index (χ2v) is 6.30. The predicted molar refractivity (Wildman–Crippen MR) is 80.7 cm³/mol. The molecule has 2 N–H and O–H groups in total. The molecule has 1 aromatic carbocycles. The van der Waals surface area contributed by atoms with Crippen LogP contribution in [0.5, 0.6) is 5.75 Å². The van der Waals surface area contributed by atoms with E-state index in [1.807, 2.05) is 18.2 Å². The molecule has 0 radical (unpaired) electrons. The summed E-state index contributed by atoms with van der Waals surface area (Å²) in [5.74, 6) is -0.152. The fraction of sp³-hybridized carbons (Fsp3) is 0.529. The van der Waals surface area contributed by atoms with Gasteiger partial charge in [-0.15, -0.1) is 0 Å². The molecule has 2 aliphatic rings. The quantitative estimate of drug-likeness (QED) is 0.876. The van der Waals surface area contributed by atoms with E-state index in [2.05, 4.69) is 5.32 Å². The largest absolute Gasteiger partial charge is 0.496 e. The van der Waals surface area contributed by atoms with Crippen LogP contribution in [-0.2, 0) is 16.0 Å². The average molecular weight is 303 g/mol. The zero-order valence-electron chi connectivity index (χ0n) is 12.7. The molecule has 1 atom stereocenters. The predicted octanol–water partition coefficient (Wildman–Crippen LogP) is 2.44. The van der Waals surface area contributed by atoms with Crippen LogP contribution in [0, 0.1) is 5.41 Å². The van der Waals surface area contributed by atoms with Gasteiger partial charge in [-0.1, -0.05) is 18.6 Å². The number of carbonyl (C=O) groups is 2. The lowest BCUT2D eigenvalue weighted by atomic mass is 9.66. The van der Waals surface area contributed by atoms with E-state index < -0.39 is 11.4 Å². The molecule has 1 unspecified atom stereocenters. The van der Waals surface area contributed by atoms with Crippen LogP contribution in [-0.4, -0.2) is 24.1 Å². The highest BCUT2D eigenvalue weighted by Gasteiger charge is 2.46. The zero-order chi connectivity index (χ0) is 15.7. The number of rotatable bonds is 5. The molecular weight excluding hydrogens is 282 g/mol. The Morgan fingerprint density at radius 3 is 2.77 bits per heavy atom. The molecule has 1 aromatic rings. The second-order valence-electron chi connectivity index (χ2n) is 6.30. The summed E-state index contributed by atoms with van der Waals surface area (Å²) in [4.78, 5) is 23.6. The maximum atomic E-state index is 12.3. The van der Waals surface area contributed by atoms with E-state index >= 15 is 0 Å². The maximum absolute atomic E-state index is 12.3. The highest BCUT2D eigenvalue weighted by Crippen LogP contribution is 2.44. The van der Waals surface area contributed by atoms with Crippen LogP contribution >= 0.6 is 0 Å². The van der Waals surface area contributed by atoms with E-state index in [4.69, 9.17) is 4.74 Å². The van der Waals surface area contributed by atoms with E-state index in [-0.39, 0.29) is 18.4 Å². The molecule has 0 aromatic heterocycles. The van der Waals surface area contributed by atoms with Gasteiger partial charge < -0.3 is 15.2 Å². The highest BCUT2D eigenvalue weighted by atomic mass is 16.5. The summed E-state index contributed by atoms with van der Waals surface area (Å²) in [6.45, 7) is 0. The Morgan fingerprint density at radius 2 is 2.18 bits per heavy atom. The number of carbonyl (C=O) groups excluding carboxylic acids is 1. The summed E-state index contributed by atoms with van der Waals surface area (Å²) in [5.41, 5.74) is 1.40. The minimum absolute atomic E-state index is 0.0384. The number of carboxylic acid groups (broad SMARTS) is 1. The summed E-state index contributed by atoms with van der Waals surface area (Å²) in [6, 6.07) is 5.82. The SMILES string of the molecule is COc1cccc2c1CCC2NC(=O)CC1(C(=O)O)CCC1. The molecule has 0 aliphatic heterocycles. The molecule has 2 aliphatic carbocycles. The molecular formula is C17H21NO4. The van der Waals surface area contributed by atoms with Gasteiger partial charge in [-0.25, -0.2) is 0 Å². The van der Waals surface area contributed by atoms with Crippen molar-refractivity contribution in [1.29, 1.82) is 0 Å². The van der Waals surface area contributed by atoms with Crippen molar-refractivity contribution in [2.75, 3.05) is 7.11 Å². The molecule has 0 spiro atoms. The summed E-state index contributed by atoms with van der Waals surface area (Å²) in [7, 11) is 1.65. The zero-order valence-corrected chi connectivity index (χ0v) is 12.7. The molecule has 5 nitrogen and oxygen atoms in total. The van der Waals surface area contributed by atoms with Crippen LogP contribution in [0.4, 0.5) is 0 Å². The van der Waals surface area contributed by atoms with Crippen molar-refractivity contribution in [3.8, 4) is 5.75 Å². The van der Waals surface area contributed by atoms with Gasteiger partial charge in [0.1, 0.15) is 5.75 Å². The third-order valence-electron chi connectivity index (χ3n) is 5.05. The number of carboxylic acids is 1. The molecule has 118 valence electrons. The van der Waals surface area contributed by atoms with Crippen molar-refractivity contribution in [2.24, 2.45) is 5.41 Å². The summed E-state index contributed by atoms with van der Waals surface area (Å²) < 4.78 is 5.36. The van der Waals surface area contributed by atoms with Gasteiger partial charge in [0.25, 0.3) is 0 Å². The minimum atomic E-state index is -0.845. The van der Waals surface area contributed by atoms with Crippen molar-refractivity contribution in [2.45, 2.75) is 44.6 Å². The van der Waals surface area contributed by atoms with Crippen molar-refractivity contribution in [3.05, 3.63) is 29.3 Å². The lowest BCUT2D eigenvalue weighted by Crippen LogP contribution is -2.43. The van der Waals surface area contributed by atoms with Crippen molar-refractivity contribution >= 4 is 11.9 Å². The Labute approximate surface area is 129 Å². The van der Waals surface area contributed by atoms with Gasteiger partial charge in [-0.05, 0) is 42.9 Å². The molecule has 0 bridgehead atoms. The van der Waals surface area contributed by atoms with Gasteiger partial charge in [0.15, 0.2) is 0 Å². The van der Waals surface area contributed by atoms with Gasteiger partial charge in [0.2, 0.25) is 5.91 Å². The topological polar surface area (TPSA) is 75.6 Å². The maximum Gasteiger partial charge on any atom is 0.310 e. The molecule has 1 saturated carbocycles. The van der Waals surface area contributed by atoms with E-state index in [1.54, 1.807) is 7.11 Å². The molecule has 5 heteroatoms. The molecule has 1 fully saturated rings. The molecule has 22 heavy (non-hydrogen) atoms. The van der Waals surface area contributed by atoms with Gasteiger partial charge >= 0.3 is 5.97 Å². The van der Waals surface area contributed by atoms with Crippen LogP contribution < -0.4 is 10.1 Å². The minimum Gasteiger partial charge on any atom is -0.496 e. The number of hydrogen-bond donors (Lipinski definition) is 2. The third-order valence-corrected chi connectivity index (χ3v) is 5.05. The van der Waals surface area contributed by atoms with E-state index in [0.29, 0.717) is 12.8 Å². The Hall–Kier alpha value is -2.04. The van der Waals surface area contributed by atoms with Gasteiger partial charge in [-0.2, -0.15) is 0 Å². The first kappa shape index (κ1) is 14.9. The highest BCUT2D eigenvalue weighted by molar-refractivity contribution is 5.86. The molecule has 0 heterocycles.